The maximum atomic E-state index is 12.5. The Morgan fingerprint density at radius 2 is 2.04 bits per heavy atom. The molecule has 3 heterocycles. The van der Waals surface area contributed by atoms with Gasteiger partial charge in [0.05, 0.1) is 5.69 Å². The van der Waals surface area contributed by atoms with Gasteiger partial charge >= 0.3 is 0 Å². The Morgan fingerprint density at radius 1 is 1.29 bits per heavy atom. The molecular weight excluding hydrogens is 326 g/mol. The Labute approximate surface area is 142 Å². The topological polar surface area (TPSA) is 79.6 Å². The van der Waals surface area contributed by atoms with Crippen molar-refractivity contribution in [2.45, 2.75) is 13.8 Å². The van der Waals surface area contributed by atoms with Gasteiger partial charge in [0.15, 0.2) is 10.8 Å². The number of rotatable bonds is 3. The van der Waals surface area contributed by atoms with Gasteiger partial charge in [-0.25, -0.2) is 9.97 Å². The van der Waals surface area contributed by atoms with E-state index in [0.29, 0.717) is 16.5 Å². The highest BCUT2D eigenvalue weighted by Gasteiger charge is 2.17. The van der Waals surface area contributed by atoms with Gasteiger partial charge in [0.1, 0.15) is 5.56 Å². The van der Waals surface area contributed by atoms with Gasteiger partial charge in [-0.1, -0.05) is 0 Å². The van der Waals surface area contributed by atoms with Gasteiger partial charge in [-0.3, -0.25) is 14.0 Å². The summed E-state index contributed by atoms with van der Waals surface area (Å²) in [6.45, 7) is 3.77. The van der Waals surface area contributed by atoms with Crippen LogP contribution in [0.5, 0.6) is 0 Å². The number of hydrogen-bond acceptors (Lipinski definition) is 6. The van der Waals surface area contributed by atoms with E-state index in [2.05, 4.69) is 15.3 Å². The van der Waals surface area contributed by atoms with Gasteiger partial charge < -0.3 is 10.2 Å². The van der Waals surface area contributed by atoms with E-state index >= 15 is 0 Å². The van der Waals surface area contributed by atoms with Crippen molar-refractivity contribution in [3.8, 4) is 0 Å². The Morgan fingerprint density at radius 3 is 2.75 bits per heavy atom. The van der Waals surface area contributed by atoms with E-state index in [0.717, 1.165) is 10.6 Å². The van der Waals surface area contributed by atoms with Crippen LogP contribution in [-0.2, 0) is 0 Å². The van der Waals surface area contributed by atoms with Crippen molar-refractivity contribution in [3.63, 3.8) is 0 Å². The third-order valence-electron chi connectivity index (χ3n) is 3.45. The fourth-order valence-corrected chi connectivity index (χ4v) is 3.11. The minimum Gasteiger partial charge on any atom is -0.361 e. The third kappa shape index (κ3) is 2.88. The van der Waals surface area contributed by atoms with Gasteiger partial charge in [-0.05, 0) is 26.0 Å². The smallest absolute Gasteiger partial charge is 0.271 e. The molecule has 7 nitrogen and oxygen atoms in total. The summed E-state index contributed by atoms with van der Waals surface area (Å²) >= 11 is 1.40. The number of pyridine rings is 1. The van der Waals surface area contributed by atoms with E-state index in [1.807, 2.05) is 27.9 Å². The molecule has 0 bridgehead atoms. The Hall–Kier alpha value is -2.74. The second-order valence-electron chi connectivity index (χ2n) is 5.64. The molecule has 0 aliphatic rings. The minimum absolute atomic E-state index is 0.00409. The number of carbonyl (C=O) groups excluding carboxylic acids is 1. The summed E-state index contributed by atoms with van der Waals surface area (Å²) in [6.07, 6.45) is 3.00. The van der Waals surface area contributed by atoms with Crippen molar-refractivity contribution in [2.75, 3.05) is 24.3 Å². The Balaban J connectivity index is 1.99. The third-order valence-corrected chi connectivity index (χ3v) is 4.37. The van der Waals surface area contributed by atoms with E-state index in [1.165, 1.54) is 21.9 Å². The monoisotopic (exact) mass is 343 g/mol. The molecule has 8 heteroatoms. The Kier molecular flexibility index (Phi) is 4.06. The molecule has 3 rings (SSSR count). The molecule has 3 aromatic rings. The van der Waals surface area contributed by atoms with E-state index in [1.54, 1.807) is 23.2 Å². The van der Waals surface area contributed by atoms with Crippen LogP contribution in [0.2, 0.25) is 0 Å². The van der Waals surface area contributed by atoms with Crippen LogP contribution in [0.3, 0.4) is 0 Å². The average molecular weight is 343 g/mol. The molecule has 1 amide bonds. The highest BCUT2D eigenvalue weighted by atomic mass is 32.1. The Bertz CT molecular complexity index is 990. The number of aryl methyl sites for hydroxylation is 2. The molecule has 124 valence electrons. The zero-order valence-corrected chi connectivity index (χ0v) is 14.6. The van der Waals surface area contributed by atoms with Crippen LogP contribution < -0.4 is 15.8 Å². The molecule has 1 N–H and O–H groups in total. The van der Waals surface area contributed by atoms with Crippen LogP contribution >= 0.6 is 11.3 Å². The van der Waals surface area contributed by atoms with Crippen molar-refractivity contribution >= 4 is 33.7 Å². The highest BCUT2D eigenvalue weighted by molar-refractivity contribution is 7.16. The van der Waals surface area contributed by atoms with Crippen LogP contribution in [-0.4, -0.2) is 34.4 Å². The van der Waals surface area contributed by atoms with Crippen LogP contribution in [0.4, 0.5) is 11.5 Å². The summed E-state index contributed by atoms with van der Waals surface area (Å²) in [6, 6.07) is 3.58. The molecule has 24 heavy (non-hydrogen) atoms. The first-order valence-corrected chi connectivity index (χ1v) is 8.12. The van der Waals surface area contributed by atoms with E-state index < -0.39 is 5.91 Å². The van der Waals surface area contributed by atoms with Gasteiger partial charge in [0, 0.05) is 37.1 Å². The lowest BCUT2D eigenvalue weighted by molar-refractivity contribution is 0.102. The average Bonchev–Trinajstić information content (AvgIpc) is 2.90. The number of nitrogens with zero attached hydrogens (tertiary/aromatic N) is 4. The number of nitrogens with one attached hydrogen (secondary N) is 1. The predicted octanol–water partition coefficient (Wildman–Crippen LogP) is 2.09. The maximum absolute atomic E-state index is 12.5. The number of carbonyl (C=O) groups is 1. The van der Waals surface area contributed by atoms with E-state index in [9.17, 15) is 9.59 Å². The first-order chi connectivity index (χ1) is 11.4. The number of amides is 1. The van der Waals surface area contributed by atoms with E-state index in [-0.39, 0.29) is 11.1 Å². The van der Waals surface area contributed by atoms with Gasteiger partial charge in [0.25, 0.3) is 11.5 Å². The van der Waals surface area contributed by atoms with Crippen LogP contribution in [0.1, 0.15) is 20.9 Å². The normalized spacial score (nSPS) is 10.8. The summed E-state index contributed by atoms with van der Waals surface area (Å²) < 4.78 is 1.40. The number of thiazole rings is 1. The molecule has 0 saturated carbocycles. The lowest BCUT2D eigenvalue weighted by Crippen LogP contribution is -2.26. The lowest BCUT2D eigenvalue weighted by atomic mass is 10.2. The van der Waals surface area contributed by atoms with Crippen LogP contribution in [0, 0.1) is 13.8 Å². The zero-order chi connectivity index (χ0) is 17.4. The van der Waals surface area contributed by atoms with Gasteiger partial charge in [0.2, 0.25) is 0 Å². The molecule has 0 unspecified atom stereocenters. The highest BCUT2D eigenvalue weighted by Crippen LogP contribution is 2.22. The molecule has 0 aliphatic carbocycles. The molecule has 0 spiro atoms. The van der Waals surface area contributed by atoms with Crippen molar-refractivity contribution in [1.29, 1.82) is 0 Å². The predicted molar refractivity (Wildman–Crippen MR) is 95.3 cm³/mol. The second kappa shape index (κ2) is 6.04. The summed E-state index contributed by atoms with van der Waals surface area (Å²) in [4.78, 5) is 37.0. The SMILES string of the molecule is Cc1ccc(NC(=O)c2cnc3sc(C)cn3c2=O)c(N(C)C)n1. The molecular formula is C16H17N5O2S. The maximum Gasteiger partial charge on any atom is 0.271 e. The van der Waals surface area contributed by atoms with E-state index in [4.69, 9.17) is 0 Å². The molecule has 0 atom stereocenters. The van der Waals surface area contributed by atoms with Gasteiger partial charge in [-0.2, -0.15) is 0 Å². The summed E-state index contributed by atoms with van der Waals surface area (Å²) in [7, 11) is 3.68. The number of anilines is 2. The summed E-state index contributed by atoms with van der Waals surface area (Å²) in [5, 5.41) is 2.75. The second-order valence-corrected chi connectivity index (χ2v) is 6.86. The summed E-state index contributed by atoms with van der Waals surface area (Å²) in [5.74, 6) is 0.128. The zero-order valence-electron chi connectivity index (χ0n) is 13.8. The number of hydrogen-bond donors (Lipinski definition) is 1. The number of aromatic nitrogens is 3. The molecule has 0 aliphatic heterocycles. The first kappa shape index (κ1) is 16.1. The fourth-order valence-electron chi connectivity index (χ4n) is 2.32. The van der Waals surface area contributed by atoms with Crippen molar-refractivity contribution in [3.05, 3.63) is 51.0 Å². The first-order valence-electron chi connectivity index (χ1n) is 7.31. The van der Waals surface area contributed by atoms with Crippen molar-refractivity contribution < 1.29 is 4.79 Å². The quantitative estimate of drug-likeness (QED) is 0.788. The number of fused-ring (bicyclic) bond motifs is 1. The lowest BCUT2D eigenvalue weighted by Gasteiger charge is -2.17. The summed E-state index contributed by atoms with van der Waals surface area (Å²) in [5.41, 5.74) is 0.999. The fraction of sp³-hybridized carbons (Fsp3) is 0.250. The minimum atomic E-state index is -0.500. The van der Waals surface area contributed by atoms with Crippen molar-refractivity contribution in [1.82, 2.24) is 14.4 Å². The van der Waals surface area contributed by atoms with Gasteiger partial charge in [-0.15, -0.1) is 11.3 Å². The molecule has 0 radical (unpaired) electrons. The molecule has 3 aromatic heterocycles. The van der Waals surface area contributed by atoms with Crippen LogP contribution in [0.15, 0.2) is 29.3 Å². The largest absolute Gasteiger partial charge is 0.361 e. The van der Waals surface area contributed by atoms with Crippen LogP contribution in [0.25, 0.3) is 4.96 Å². The molecule has 0 saturated heterocycles. The molecule has 0 fully saturated rings. The molecule has 0 aromatic carbocycles. The standard InChI is InChI=1S/C16H17N5O2S/c1-9-5-6-12(13(18-9)20(3)4)19-14(22)11-7-17-16-21(15(11)23)8-10(2)24-16/h5-8H,1-4H3,(H,19,22). The van der Waals surface area contributed by atoms with Crippen molar-refractivity contribution in [2.24, 2.45) is 0 Å².